The fourth-order valence-electron chi connectivity index (χ4n) is 0. The van der Waals surface area contributed by atoms with Crippen LogP contribution in [-0.4, -0.2) is 6.36 Å². The van der Waals surface area contributed by atoms with Crippen LogP contribution in [0.3, 0.4) is 0 Å². The van der Waals surface area contributed by atoms with Crippen molar-refractivity contribution in [3.63, 3.8) is 0 Å². The zero-order chi connectivity index (χ0) is 4.50. The molecule has 0 aromatic heterocycles. The summed E-state index contributed by atoms with van der Waals surface area (Å²) in [5.74, 6) is 0. The van der Waals surface area contributed by atoms with Crippen LogP contribution in [0, 0.1) is 0 Å². The van der Waals surface area contributed by atoms with Gasteiger partial charge in [0.15, 0.2) is 0 Å². The van der Waals surface area contributed by atoms with Gasteiger partial charge < -0.3 is 0 Å². The summed E-state index contributed by atoms with van der Waals surface area (Å²) in [4.78, 5) is 0. The van der Waals surface area contributed by atoms with E-state index in [4.69, 9.17) is 5.11 Å². The van der Waals surface area contributed by atoms with Gasteiger partial charge in [-0.2, -0.15) is 0 Å². The molecule has 0 saturated heterocycles. The molecule has 4 heteroatoms. The van der Waals surface area contributed by atoms with Crippen LogP contribution >= 0.6 is 0 Å². The highest BCUT2D eigenvalue weighted by Crippen LogP contribution is 2.07. The lowest BCUT2D eigenvalue weighted by atomic mass is 11.4. The molecule has 1 nitrogen and oxygen atoms in total. The topological polar surface area (TPSA) is 19.9 Å². The minimum atomic E-state index is -5.25. The average molecular weight is 86.0 g/mol. The van der Waals surface area contributed by atoms with Gasteiger partial charge in [-0.1, -0.05) is 0 Å². The van der Waals surface area contributed by atoms with Crippen LogP contribution in [0.5, 0.6) is 0 Å². The molecule has 0 aromatic carbocycles. The second-order valence-electron chi connectivity index (χ2n) is 0.446. The minimum absolute atomic E-state index is 0. The molecule has 0 N–H and O–H groups in total. The quantitative estimate of drug-likeness (QED) is 0.420. The maximum Gasteiger partial charge on any atom is 1.00 e. The van der Waals surface area contributed by atoms with Crippen molar-refractivity contribution in [2.45, 2.75) is 6.36 Å². The lowest BCUT2D eigenvalue weighted by molar-refractivity contribution is -0.331. The van der Waals surface area contributed by atoms with Gasteiger partial charge >= 0.3 is 7.79 Å². The first kappa shape index (κ1) is 4.75. The summed E-state index contributed by atoms with van der Waals surface area (Å²) in [5, 5.41) is 8.10. The summed E-state index contributed by atoms with van der Waals surface area (Å²) in [6.45, 7) is 0. The van der Waals surface area contributed by atoms with Gasteiger partial charge in [0.2, 0.25) is 0 Å². The van der Waals surface area contributed by atoms with Gasteiger partial charge in [0.05, 0.1) is 0 Å². The lowest BCUT2D eigenvalue weighted by Crippen LogP contribution is -1.99. The summed E-state index contributed by atoms with van der Waals surface area (Å²) in [6, 6.07) is 0. The fraction of sp³-hybridized carbons (Fsp3) is 1.00. The van der Waals surface area contributed by atoms with Crippen molar-refractivity contribution in [2.24, 2.45) is 0 Å². The minimum Gasteiger partial charge on any atom is -0.142 e. The predicted molar refractivity (Wildman–Crippen MR) is 7.85 cm³/mol. The Bertz CT molecular complexity index is 26.3. The molecular formula is CHF3O+. The lowest BCUT2D eigenvalue weighted by Gasteiger charge is -1.82. The number of alkyl halides is 3. The maximum atomic E-state index is 9.80. The van der Waals surface area contributed by atoms with E-state index in [1.165, 1.54) is 0 Å². The van der Waals surface area contributed by atoms with Gasteiger partial charge in [-0.25, -0.2) is 0 Å². The molecule has 0 amide bonds. The third-order valence-electron chi connectivity index (χ3n) is 0. The van der Waals surface area contributed by atoms with E-state index in [0.717, 1.165) is 0 Å². The molecule has 0 unspecified atom stereocenters. The third-order valence-corrected chi connectivity index (χ3v) is 0. The first-order chi connectivity index (χ1) is 2.00. The fourth-order valence-corrected chi connectivity index (χ4v) is 0. The molecule has 5 heavy (non-hydrogen) atoms. The van der Waals surface area contributed by atoms with Crippen molar-refractivity contribution in [1.82, 2.24) is 0 Å². The average Bonchev–Trinajstić information content (AvgIpc) is 0.722. The molecule has 0 atom stereocenters. The molecule has 31 valence electrons. The highest BCUT2D eigenvalue weighted by molar-refractivity contribution is 4.05. The van der Waals surface area contributed by atoms with Crippen molar-refractivity contribution in [3.8, 4) is 0 Å². The SMILES string of the molecule is [H+].[O]C(F)(F)F. The Morgan fingerprint density at radius 2 is 1.40 bits per heavy atom. The highest BCUT2D eigenvalue weighted by atomic mass is 19.4. The molecular weight excluding hydrogens is 85.0 g/mol. The molecule has 0 spiro atoms. The molecule has 1 radical (unpaired) electrons. The van der Waals surface area contributed by atoms with Crippen LogP contribution in [0.2, 0.25) is 0 Å². The van der Waals surface area contributed by atoms with Gasteiger partial charge in [-0.05, 0) is 0 Å². The van der Waals surface area contributed by atoms with Gasteiger partial charge in [0.1, 0.15) is 0 Å². The number of hydrogen-bond acceptors (Lipinski definition) is 0. The second kappa shape index (κ2) is 0.858. The van der Waals surface area contributed by atoms with Crippen molar-refractivity contribution in [1.29, 1.82) is 0 Å². The van der Waals surface area contributed by atoms with Crippen molar-refractivity contribution < 1.29 is 19.7 Å². The number of hydrogen-bond donors (Lipinski definition) is 0. The monoisotopic (exact) mass is 86.0 g/mol. The third kappa shape index (κ3) is 184. The smallest absolute Gasteiger partial charge is 0.142 e. The van der Waals surface area contributed by atoms with Crippen molar-refractivity contribution in [3.05, 3.63) is 0 Å². The molecule has 0 aliphatic carbocycles. The molecule has 0 saturated carbocycles. The Morgan fingerprint density at radius 3 is 1.40 bits per heavy atom. The van der Waals surface area contributed by atoms with E-state index in [1.54, 1.807) is 0 Å². The van der Waals surface area contributed by atoms with Crippen LogP contribution < -0.4 is 0 Å². The Hall–Kier alpha value is -0.250. The van der Waals surface area contributed by atoms with Gasteiger partial charge in [0, 0.05) is 0 Å². The Morgan fingerprint density at radius 1 is 1.40 bits per heavy atom. The zero-order valence-electron chi connectivity index (χ0n) is 3.04. The largest absolute Gasteiger partial charge is 1.00 e. The Labute approximate surface area is 27.5 Å². The summed E-state index contributed by atoms with van der Waals surface area (Å²) < 4.78 is 29.4. The first-order valence-electron chi connectivity index (χ1n) is 0.771. The Kier molecular flexibility index (Phi) is 0.815. The van der Waals surface area contributed by atoms with E-state index in [2.05, 4.69) is 0 Å². The molecule has 0 rings (SSSR count). The molecule has 0 bridgehead atoms. The first-order valence-corrected chi connectivity index (χ1v) is 0.771. The van der Waals surface area contributed by atoms with Gasteiger partial charge in [-0.3, -0.25) is 0 Å². The standard InChI is InChI=1S/CF3O/c2-1(3,4)5/p+1. The van der Waals surface area contributed by atoms with E-state index in [0.29, 0.717) is 0 Å². The van der Waals surface area contributed by atoms with E-state index < -0.39 is 6.36 Å². The molecule has 0 fully saturated rings. The number of halogens is 3. The summed E-state index contributed by atoms with van der Waals surface area (Å²) in [7, 11) is 0. The second-order valence-corrected chi connectivity index (χ2v) is 0.446. The highest BCUT2D eigenvalue weighted by Gasteiger charge is 2.24. The van der Waals surface area contributed by atoms with Crippen LogP contribution in [0.4, 0.5) is 13.2 Å². The van der Waals surface area contributed by atoms with Gasteiger partial charge in [-0.15, -0.1) is 18.3 Å². The van der Waals surface area contributed by atoms with Crippen molar-refractivity contribution >= 4 is 0 Å². The van der Waals surface area contributed by atoms with Crippen LogP contribution in [-0.2, 0) is 5.11 Å². The molecule has 0 aliphatic rings. The van der Waals surface area contributed by atoms with E-state index in [-0.39, 0.29) is 1.43 Å². The zero-order valence-corrected chi connectivity index (χ0v) is 2.04. The maximum absolute atomic E-state index is 9.80. The van der Waals surface area contributed by atoms with Crippen LogP contribution in [0.1, 0.15) is 1.43 Å². The van der Waals surface area contributed by atoms with Gasteiger partial charge in [0.25, 0.3) is 0 Å². The Balaban J connectivity index is 0. The molecule has 0 aromatic rings. The summed E-state index contributed by atoms with van der Waals surface area (Å²) >= 11 is 0. The van der Waals surface area contributed by atoms with Crippen LogP contribution in [0.25, 0.3) is 0 Å². The predicted octanol–water partition coefficient (Wildman–Crippen LogP) is 1.05. The number of rotatable bonds is 0. The van der Waals surface area contributed by atoms with E-state index in [1.807, 2.05) is 0 Å². The molecule has 0 heterocycles. The summed E-state index contributed by atoms with van der Waals surface area (Å²) in [5.41, 5.74) is 0. The van der Waals surface area contributed by atoms with E-state index >= 15 is 0 Å². The van der Waals surface area contributed by atoms with Crippen molar-refractivity contribution in [2.75, 3.05) is 0 Å². The molecule has 0 aliphatic heterocycles. The van der Waals surface area contributed by atoms with E-state index in [9.17, 15) is 13.2 Å². The van der Waals surface area contributed by atoms with Crippen LogP contribution in [0.15, 0.2) is 0 Å². The normalized spacial score (nSPS) is 12.0. The summed E-state index contributed by atoms with van der Waals surface area (Å²) in [6.07, 6.45) is -5.25.